The van der Waals surface area contributed by atoms with Crippen molar-refractivity contribution in [2.75, 3.05) is 36.1 Å². The SMILES string of the molecule is CC1(C)C(/C=C/C2=C(Oc3ccc(CCC(=O)O)cc3)C(=C/C=C3/N(CCCCS(=O)(=O)O)c4ccc(S(=O)(=O)O)cc4C3(C)C)/CCO2)=[N+](CCCCS(=O)(=O)[O-])c2ccc(S(=O)(=O)O)cc21. The number of carboxylic acids is 1. The van der Waals surface area contributed by atoms with Crippen LogP contribution < -0.4 is 9.64 Å². The van der Waals surface area contributed by atoms with E-state index in [1.807, 2.05) is 49.3 Å². The van der Waals surface area contributed by atoms with Gasteiger partial charge < -0.3 is 24.0 Å². The summed E-state index contributed by atoms with van der Waals surface area (Å²) < 4.78 is 150. The van der Waals surface area contributed by atoms with Gasteiger partial charge in [-0.25, -0.2) is 8.42 Å². The average Bonchev–Trinajstić information content (AvgIpc) is 3.58. The van der Waals surface area contributed by atoms with Gasteiger partial charge in [0.05, 0.1) is 37.7 Å². The summed E-state index contributed by atoms with van der Waals surface area (Å²) in [5.74, 6) is -1.02. The largest absolute Gasteiger partial charge is 0.748 e. The lowest BCUT2D eigenvalue weighted by Crippen LogP contribution is -2.28. The molecule has 18 nitrogen and oxygen atoms in total. The van der Waals surface area contributed by atoms with Crippen molar-refractivity contribution in [1.82, 2.24) is 0 Å². The number of benzene rings is 3. The molecule has 0 saturated heterocycles. The van der Waals surface area contributed by atoms with Gasteiger partial charge in [-0.15, -0.1) is 0 Å². The number of aryl methyl sites for hydroxylation is 1. The highest BCUT2D eigenvalue weighted by Crippen LogP contribution is 2.49. The molecule has 3 aromatic carbocycles. The van der Waals surface area contributed by atoms with Crippen molar-refractivity contribution in [3.8, 4) is 5.75 Å². The van der Waals surface area contributed by atoms with Gasteiger partial charge in [0.1, 0.15) is 12.3 Å². The minimum Gasteiger partial charge on any atom is -0.748 e. The van der Waals surface area contributed by atoms with E-state index >= 15 is 0 Å². The molecule has 3 aromatic rings. The van der Waals surface area contributed by atoms with Crippen molar-refractivity contribution in [3.63, 3.8) is 0 Å². The number of hydrogen-bond donors (Lipinski definition) is 4. The third kappa shape index (κ3) is 12.5. The maximum atomic E-state index is 12.2. The Labute approximate surface area is 397 Å². The molecule has 4 N–H and O–H groups in total. The van der Waals surface area contributed by atoms with E-state index in [4.69, 9.17) is 9.47 Å². The first-order valence-corrected chi connectivity index (χ1v) is 27.6. The number of fused-ring (bicyclic) bond motifs is 2. The fourth-order valence-corrected chi connectivity index (χ4v) is 10.8. The van der Waals surface area contributed by atoms with Gasteiger partial charge in [-0.1, -0.05) is 32.1 Å². The summed E-state index contributed by atoms with van der Waals surface area (Å²) in [6.45, 7) is 8.16. The van der Waals surface area contributed by atoms with Crippen LogP contribution in [0, 0.1) is 0 Å². The molecule has 3 aliphatic heterocycles. The van der Waals surface area contributed by atoms with Gasteiger partial charge in [0, 0.05) is 71.6 Å². The van der Waals surface area contributed by atoms with E-state index < -0.39 is 68.8 Å². The second-order valence-electron chi connectivity index (χ2n) is 17.7. The standard InChI is InChI=1S/C46H54N2O16S4/c1-45(2)36-29-34(67(57,58)59)15-17-38(36)47(24-5-7-27-65(51,52)53)41(45)20-12-32-23-26-63-40(44(32)64-33-13-9-31(10-14-33)11-22-43(49)50)19-21-42-46(3,4)37-30-35(68(60,61)62)16-18-39(37)48(42)25-6-8-28-66(54,55)56/h9-10,12-21,29-30H,5-8,11,22-28H2,1-4H3,(H4-,49,50,51,52,53,54,55,56,57,58,59,60,61,62). The quantitative estimate of drug-likeness (QED) is 0.0538. The molecule has 3 aliphatic rings. The molecule has 0 atom stereocenters. The van der Waals surface area contributed by atoms with Crippen LogP contribution in [0.4, 0.5) is 11.4 Å². The lowest BCUT2D eigenvalue weighted by Gasteiger charge is -2.27. The number of carbonyl (C=O) groups is 1. The second kappa shape index (κ2) is 20.0. The highest BCUT2D eigenvalue weighted by molar-refractivity contribution is 7.86. The maximum Gasteiger partial charge on any atom is 0.303 e. The first-order chi connectivity index (χ1) is 31.6. The monoisotopic (exact) mass is 1020 g/mol. The lowest BCUT2D eigenvalue weighted by atomic mass is 9.81. The van der Waals surface area contributed by atoms with Gasteiger partial charge in [0.15, 0.2) is 17.2 Å². The second-order valence-corrected chi connectivity index (χ2v) is 23.7. The Hall–Kier alpha value is -5.20. The van der Waals surface area contributed by atoms with Crippen molar-refractivity contribution in [1.29, 1.82) is 0 Å². The Morgan fingerprint density at radius 1 is 0.794 bits per heavy atom. The molecule has 68 heavy (non-hydrogen) atoms. The van der Waals surface area contributed by atoms with Crippen molar-refractivity contribution in [2.24, 2.45) is 0 Å². The molecule has 368 valence electrons. The number of rotatable bonds is 20. The van der Waals surface area contributed by atoms with E-state index in [9.17, 15) is 61.8 Å². The molecule has 0 spiro atoms. The van der Waals surface area contributed by atoms with Crippen molar-refractivity contribution >= 4 is 63.5 Å². The summed E-state index contributed by atoms with van der Waals surface area (Å²) in [5.41, 5.74) is 3.35. The molecule has 0 aromatic heterocycles. The smallest absolute Gasteiger partial charge is 0.303 e. The number of aliphatic carboxylic acids is 1. The predicted molar refractivity (Wildman–Crippen MR) is 251 cm³/mol. The summed E-state index contributed by atoms with van der Waals surface area (Å²) in [6, 6.07) is 15.3. The van der Waals surface area contributed by atoms with E-state index in [-0.39, 0.29) is 67.4 Å². The van der Waals surface area contributed by atoms with E-state index in [1.54, 1.807) is 48.6 Å². The molecular weight excluding hydrogens is 965 g/mol. The number of unbranched alkanes of at least 4 members (excludes halogenated alkanes) is 2. The number of ether oxygens (including phenoxy) is 2. The zero-order valence-electron chi connectivity index (χ0n) is 37.8. The maximum absolute atomic E-state index is 12.2. The van der Waals surface area contributed by atoms with E-state index in [0.29, 0.717) is 63.8 Å². The third-order valence-electron chi connectivity index (χ3n) is 12.1. The highest BCUT2D eigenvalue weighted by atomic mass is 32.2. The summed E-state index contributed by atoms with van der Waals surface area (Å²) in [4.78, 5) is 12.6. The Morgan fingerprint density at radius 2 is 1.43 bits per heavy atom. The van der Waals surface area contributed by atoms with E-state index in [0.717, 1.165) is 5.56 Å². The van der Waals surface area contributed by atoms with Gasteiger partial charge in [0.25, 0.3) is 30.4 Å². The van der Waals surface area contributed by atoms with Crippen molar-refractivity contribution in [3.05, 3.63) is 124 Å². The lowest BCUT2D eigenvalue weighted by molar-refractivity contribution is -0.438. The van der Waals surface area contributed by atoms with Crippen LogP contribution in [0.3, 0.4) is 0 Å². The van der Waals surface area contributed by atoms with Crippen molar-refractivity contribution < 1.29 is 75.8 Å². The molecule has 0 saturated carbocycles. The number of nitrogens with zero attached hydrogens (tertiary/aromatic N) is 2. The minimum absolute atomic E-state index is 0.0643. The van der Waals surface area contributed by atoms with Crippen LogP contribution in [-0.2, 0) is 67.3 Å². The molecule has 3 heterocycles. The van der Waals surface area contributed by atoms with Crippen molar-refractivity contribution in [2.45, 2.75) is 93.3 Å². The van der Waals surface area contributed by atoms with Crippen LogP contribution in [0.25, 0.3) is 0 Å². The molecular formula is C46H54N2O16S4. The number of hydrogen-bond acceptors (Lipinski definition) is 13. The third-order valence-corrected chi connectivity index (χ3v) is 15.4. The Kier molecular flexibility index (Phi) is 15.4. The molecule has 0 unspecified atom stereocenters. The van der Waals surface area contributed by atoms with Gasteiger partial charge in [-0.2, -0.15) is 29.8 Å². The number of carboxylic acid groups (broad SMARTS) is 1. The zero-order chi connectivity index (χ0) is 50.0. The highest BCUT2D eigenvalue weighted by Gasteiger charge is 2.45. The molecule has 0 aliphatic carbocycles. The normalized spacial score (nSPS) is 18.4. The van der Waals surface area contributed by atoms with E-state index in [2.05, 4.69) is 0 Å². The molecule has 0 amide bonds. The van der Waals surface area contributed by atoms with E-state index in [1.165, 1.54) is 24.3 Å². The van der Waals surface area contributed by atoms with Crippen LogP contribution in [0.1, 0.15) is 82.9 Å². The summed E-state index contributed by atoms with van der Waals surface area (Å²) in [6.07, 6.45) is 8.49. The molecule has 22 heteroatoms. The Bertz CT molecular complexity index is 3090. The fourth-order valence-electron chi connectivity index (χ4n) is 8.65. The van der Waals surface area contributed by atoms with Crippen LogP contribution in [0.5, 0.6) is 5.75 Å². The number of anilines is 1. The van der Waals surface area contributed by atoms with Crippen LogP contribution in [0.2, 0.25) is 0 Å². The predicted octanol–water partition coefficient (Wildman–Crippen LogP) is 6.44. The van der Waals surface area contributed by atoms with Crippen LogP contribution >= 0.6 is 0 Å². The number of allylic oxidation sites excluding steroid dienone is 6. The molecule has 0 fully saturated rings. The first kappa shape index (κ1) is 52.2. The van der Waals surface area contributed by atoms with Crippen LogP contribution in [-0.4, -0.2) is 104 Å². The minimum atomic E-state index is -4.58. The Balaban J connectivity index is 1.47. The zero-order valence-corrected chi connectivity index (χ0v) is 41.0. The molecule has 6 rings (SSSR count). The Morgan fingerprint density at radius 3 is 2.04 bits per heavy atom. The average molecular weight is 1020 g/mol. The summed E-state index contributed by atoms with van der Waals surface area (Å²) in [7, 11) is -17.9. The first-order valence-electron chi connectivity index (χ1n) is 21.6. The van der Waals surface area contributed by atoms with Gasteiger partial charge in [-0.3, -0.25) is 18.5 Å². The fraction of sp³-hybridized carbons (Fsp3) is 0.391. The van der Waals surface area contributed by atoms with Gasteiger partial charge in [-0.05, 0) is 105 Å². The summed E-state index contributed by atoms with van der Waals surface area (Å²) >= 11 is 0. The molecule has 0 bridgehead atoms. The van der Waals surface area contributed by atoms with Gasteiger partial charge in [0.2, 0.25) is 5.69 Å². The molecule has 0 radical (unpaired) electrons. The van der Waals surface area contributed by atoms with Gasteiger partial charge >= 0.3 is 5.97 Å². The van der Waals surface area contributed by atoms with Crippen LogP contribution in [0.15, 0.2) is 118 Å². The summed E-state index contributed by atoms with van der Waals surface area (Å²) in [5, 5.41) is 9.21. The topological polar surface area (TPSA) is 282 Å².